The Kier molecular flexibility index (Phi) is 5.10. The fourth-order valence-corrected chi connectivity index (χ4v) is 2.51. The summed E-state index contributed by atoms with van der Waals surface area (Å²) in [6.45, 7) is 2.61. The van der Waals surface area contributed by atoms with Gasteiger partial charge in [-0.05, 0) is 19.1 Å². The number of non-ortho nitro benzene ring substituents is 1. The Labute approximate surface area is 148 Å². The van der Waals surface area contributed by atoms with E-state index in [1.807, 2.05) is 0 Å². The molecule has 1 N–H and O–H groups in total. The summed E-state index contributed by atoms with van der Waals surface area (Å²) in [5, 5.41) is 14.7. The van der Waals surface area contributed by atoms with Gasteiger partial charge >= 0.3 is 0 Å². The van der Waals surface area contributed by atoms with Gasteiger partial charge in [0.25, 0.3) is 5.69 Å². The van der Waals surface area contributed by atoms with Crippen LogP contribution in [0.4, 0.5) is 5.69 Å². The highest BCUT2D eigenvalue weighted by molar-refractivity contribution is 5.81. The zero-order chi connectivity index (χ0) is 18.6. The number of benzene rings is 1. The maximum absolute atomic E-state index is 11.8. The number of nitro benzene ring substituents is 1. The molecule has 1 amide bonds. The number of carbonyl (C=O) groups is 1. The lowest BCUT2D eigenvalue weighted by Gasteiger charge is -2.20. The van der Waals surface area contributed by atoms with Crippen molar-refractivity contribution < 1.29 is 23.6 Å². The lowest BCUT2D eigenvalue weighted by molar-refractivity contribution is -0.384. The average molecular weight is 359 g/mol. The number of hydrazone groups is 1. The summed E-state index contributed by atoms with van der Waals surface area (Å²) in [7, 11) is 0. The molecule has 9 heteroatoms. The van der Waals surface area contributed by atoms with Crippen LogP contribution in [0.15, 0.2) is 45.9 Å². The van der Waals surface area contributed by atoms with Crippen molar-refractivity contribution in [1.82, 2.24) is 5.43 Å². The van der Waals surface area contributed by atoms with Crippen molar-refractivity contribution in [3.8, 4) is 11.3 Å². The predicted molar refractivity (Wildman–Crippen MR) is 91.5 cm³/mol. The van der Waals surface area contributed by atoms with Gasteiger partial charge in [-0.25, -0.2) is 5.43 Å². The molecule has 136 valence electrons. The SMILES string of the molecule is CC1(CC(=O)N/N=C\c2ccc(-c3cccc([N+](=O)[O-])c3)o2)OCCO1. The monoisotopic (exact) mass is 359 g/mol. The molecule has 0 bridgehead atoms. The summed E-state index contributed by atoms with van der Waals surface area (Å²) in [6.07, 6.45) is 1.37. The number of hydrogen-bond donors (Lipinski definition) is 1. The van der Waals surface area contributed by atoms with Crippen LogP contribution in [0, 0.1) is 10.1 Å². The first-order chi connectivity index (χ1) is 12.5. The maximum Gasteiger partial charge on any atom is 0.270 e. The molecule has 1 aromatic heterocycles. The molecule has 0 spiro atoms. The molecule has 2 aromatic rings. The molecule has 0 aliphatic carbocycles. The largest absolute Gasteiger partial charge is 0.455 e. The van der Waals surface area contributed by atoms with Crippen LogP contribution >= 0.6 is 0 Å². The molecule has 1 saturated heterocycles. The fourth-order valence-electron chi connectivity index (χ4n) is 2.51. The summed E-state index contributed by atoms with van der Waals surface area (Å²) in [5.41, 5.74) is 2.93. The van der Waals surface area contributed by atoms with E-state index < -0.39 is 10.7 Å². The number of nitro groups is 1. The van der Waals surface area contributed by atoms with Crippen LogP contribution in [-0.2, 0) is 14.3 Å². The van der Waals surface area contributed by atoms with Crippen molar-refractivity contribution in [2.45, 2.75) is 19.1 Å². The van der Waals surface area contributed by atoms with Gasteiger partial charge in [-0.15, -0.1) is 0 Å². The molecule has 1 aromatic carbocycles. The highest BCUT2D eigenvalue weighted by atomic mass is 16.7. The van der Waals surface area contributed by atoms with Gasteiger partial charge in [0.1, 0.15) is 11.5 Å². The van der Waals surface area contributed by atoms with E-state index in [1.54, 1.807) is 31.2 Å². The lowest BCUT2D eigenvalue weighted by atomic mass is 10.1. The molecule has 3 rings (SSSR count). The van der Waals surface area contributed by atoms with Crippen LogP contribution in [-0.4, -0.2) is 36.0 Å². The van der Waals surface area contributed by atoms with Crippen molar-refractivity contribution in [2.24, 2.45) is 5.10 Å². The molecular weight excluding hydrogens is 342 g/mol. The van der Waals surface area contributed by atoms with Gasteiger partial charge in [0, 0.05) is 17.7 Å². The third-order valence-electron chi connectivity index (χ3n) is 3.73. The minimum atomic E-state index is -0.917. The second-order valence-electron chi connectivity index (χ2n) is 5.81. The Bertz CT molecular complexity index is 839. The second kappa shape index (κ2) is 7.46. The van der Waals surface area contributed by atoms with E-state index >= 15 is 0 Å². The zero-order valence-electron chi connectivity index (χ0n) is 14.0. The highest BCUT2D eigenvalue weighted by Gasteiger charge is 2.33. The molecule has 1 aliphatic rings. The molecule has 1 aliphatic heterocycles. The molecule has 0 radical (unpaired) electrons. The Morgan fingerprint density at radius 2 is 2.12 bits per heavy atom. The zero-order valence-corrected chi connectivity index (χ0v) is 14.0. The molecule has 9 nitrogen and oxygen atoms in total. The molecule has 2 heterocycles. The number of nitrogens with zero attached hydrogens (tertiary/aromatic N) is 2. The van der Waals surface area contributed by atoms with Crippen LogP contribution in [0.2, 0.25) is 0 Å². The van der Waals surface area contributed by atoms with Gasteiger partial charge in [-0.3, -0.25) is 14.9 Å². The van der Waals surface area contributed by atoms with E-state index in [-0.39, 0.29) is 18.0 Å². The van der Waals surface area contributed by atoms with Crippen molar-refractivity contribution in [3.05, 3.63) is 52.3 Å². The Morgan fingerprint density at radius 3 is 2.85 bits per heavy atom. The normalized spacial score (nSPS) is 16.0. The molecular formula is C17H17N3O6. The smallest absolute Gasteiger partial charge is 0.270 e. The summed E-state index contributed by atoms with van der Waals surface area (Å²) >= 11 is 0. The second-order valence-corrected chi connectivity index (χ2v) is 5.81. The molecule has 0 saturated carbocycles. The van der Waals surface area contributed by atoms with Gasteiger partial charge in [0.05, 0.1) is 30.8 Å². The number of amides is 1. The van der Waals surface area contributed by atoms with E-state index in [2.05, 4.69) is 10.5 Å². The van der Waals surface area contributed by atoms with Crippen molar-refractivity contribution in [1.29, 1.82) is 0 Å². The van der Waals surface area contributed by atoms with Gasteiger partial charge < -0.3 is 13.9 Å². The average Bonchev–Trinajstić information content (AvgIpc) is 3.24. The number of carbonyl (C=O) groups excluding carboxylic acids is 1. The first-order valence-electron chi connectivity index (χ1n) is 7.90. The van der Waals surface area contributed by atoms with Gasteiger partial charge in [0.15, 0.2) is 5.79 Å². The third-order valence-corrected chi connectivity index (χ3v) is 3.73. The van der Waals surface area contributed by atoms with Crippen LogP contribution in [0.25, 0.3) is 11.3 Å². The van der Waals surface area contributed by atoms with Crippen LogP contribution in [0.3, 0.4) is 0 Å². The first kappa shape index (κ1) is 17.8. The third kappa shape index (κ3) is 4.32. The summed E-state index contributed by atoms with van der Waals surface area (Å²) in [4.78, 5) is 22.2. The summed E-state index contributed by atoms with van der Waals surface area (Å²) in [5.74, 6) is -0.413. The van der Waals surface area contributed by atoms with E-state index in [0.717, 1.165) is 0 Å². The maximum atomic E-state index is 11.8. The molecule has 0 unspecified atom stereocenters. The summed E-state index contributed by atoms with van der Waals surface area (Å²) in [6, 6.07) is 9.43. The van der Waals surface area contributed by atoms with Gasteiger partial charge in [-0.2, -0.15) is 5.10 Å². The van der Waals surface area contributed by atoms with Gasteiger partial charge in [-0.1, -0.05) is 12.1 Å². The Morgan fingerprint density at radius 1 is 1.35 bits per heavy atom. The number of ether oxygens (including phenoxy) is 2. The molecule has 1 fully saturated rings. The van der Waals surface area contributed by atoms with Gasteiger partial charge in [0.2, 0.25) is 5.91 Å². The predicted octanol–water partition coefficient (Wildman–Crippen LogP) is 2.46. The minimum absolute atomic E-state index is 0.0220. The highest BCUT2D eigenvalue weighted by Crippen LogP contribution is 2.25. The van der Waals surface area contributed by atoms with E-state index in [1.165, 1.54) is 18.3 Å². The quantitative estimate of drug-likeness (QED) is 0.481. The van der Waals surface area contributed by atoms with E-state index in [0.29, 0.717) is 30.3 Å². The topological polar surface area (TPSA) is 116 Å². The minimum Gasteiger partial charge on any atom is -0.455 e. The standard InChI is InChI=1S/C17H17N3O6/c1-17(24-7-8-25-17)10-16(21)19-18-11-14-5-6-15(26-14)12-3-2-4-13(9-12)20(22)23/h2-6,9,11H,7-8,10H2,1H3,(H,19,21)/b18-11-. The Balaban J connectivity index is 1.59. The van der Waals surface area contributed by atoms with E-state index in [9.17, 15) is 14.9 Å². The first-order valence-corrected chi connectivity index (χ1v) is 7.90. The molecule has 26 heavy (non-hydrogen) atoms. The number of nitrogens with one attached hydrogen (secondary N) is 1. The number of hydrogen-bond acceptors (Lipinski definition) is 7. The number of furan rings is 1. The molecule has 0 atom stereocenters. The van der Waals surface area contributed by atoms with E-state index in [4.69, 9.17) is 13.9 Å². The van der Waals surface area contributed by atoms with Crippen LogP contribution in [0.1, 0.15) is 19.1 Å². The fraction of sp³-hybridized carbons (Fsp3) is 0.294. The van der Waals surface area contributed by atoms with Crippen LogP contribution in [0.5, 0.6) is 0 Å². The summed E-state index contributed by atoms with van der Waals surface area (Å²) < 4.78 is 16.3. The Hall–Kier alpha value is -3.04. The van der Waals surface area contributed by atoms with Crippen molar-refractivity contribution in [2.75, 3.05) is 13.2 Å². The van der Waals surface area contributed by atoms with Crippen LogP contribution < -0.4 is 5.43 Å². The van der Waals surface area contributed by atoms with Crippen molar-refractivity contribution >= 4 is 17.8 Å². The van der Waals surface area contributed by atoms with Crippen molar-refractivity contribution in [3.63, 3.8) is 0 Å². The number of rotatable bonds is 6. The lowest BCUT2D eigenvalue weighted by Crippen LogP contribution is -2.33.